The minimum Gasteiger partial charge on any atom is -0.298 e. The summed E-state index contributed by atoms with van der Waals surface area (Å²) in [5, 5.41) is 2.75. The summed E-state index contributed by atoms with van der Waals surface area (Å²) in [5.74, 6) is 0. The van der Waals surface area contributed by atoms with E-state index in [1.54, 1.807) is 17.5 Å². The summed E-state index contributed by atoms with van der Waals surface area (Å²) in [6.45, 7) is 1.72. The topological polar surface area (TPSA) is 16.1 Å². The lowest BCUT2D eigenvalue weighted by Gasteiger charge is -2.16. The molecule has 0 aromatic carbocycles. The fourth-order valence-corrected chi connectivity index (χ4v) is 3.00. The minimum atomic E-state index is 0.589. The molecule has 0 fully saturated rings. The maximum absolute atomic E-state index is 6.03. The fourth-order valence-electron chi connectivity index (χ4n) is 1.62. The third kappa shape index (κ3) is 3.78. The van der Waals surface area contributed by atoms with Gasteiger partial charge in [-0.15, -0.1) is 11.3 Å². The molecule has 17 heavy (non-hydrogen) atoms. The zero-order chi connectivity index (χ0) is 12.3. The molecule has 0 unspecified atom stereocenters. The van der Waals surface area contributed by atoms with Crippen LogP contribution >= 0.6 is 38.9 Å². The number of rotatable bonds is 4. The summed E-state index contributed by atoms with van der Waals surface area (Å²) in [4.78, 5) is 6.30. The van der Waals surface area contributed by atoms with Gasteiger partial charge in [-0.2, -0.15) is 0 Å². The first-order chi connectivity index (χ1) is 8.15. The van der Waals surface area contributed by atoms with Crippen molar-refractivity contribution in [1.29, 1.82) is 0 Å². The Kier molecular flexibility index (Phi) is 4.56. The lowest BCUT2D eigenvalue weighted by atomic mass is 10.2. The SMILES string of the molecule is CN(Cc1csc(Br)c1)Cc1cccnc1Cl. The summed E-state index contributed by atoms with van der Waals surface area (Å²) in [5.41, 5.74) is 2.37. The molecule has 0 amide bonds. The van der Waals surface area contributed by atoms with Gasteiger partial charge in [-0.1, -0.05) is 17.7 Å². The lowest BCUT2D eigenvalue weighted by molar-refractivity contribution is 0.319. The van der Waals surface area contributed by atoms with Gasteiger partial charge in [-0.3, -0.25) is 4.90 Å². The summed E-state index contributed by atoms with van der Waals surface area (Å²) < 4.78 is 1.17. The van der Waals surface area contributed by atoms with Gasteiger partial charge in [0.15, 0.2) is 0 Å². The standard InChI is InChI=1S/C12H12BrClN2S/c1-16(6-9-5-11(13)17-8-9)7-10-3-2-4-15-12(10)14/h2-5,8H,6-7H2,1H3. The van der Waals surface area contributed by atoms with Crippen molar-refractivity contribution in [2.45, 2.75) is 13.1 Å². The van der Waals surface area contributed by atoms with E-state index in [0.29, 0.717) is 5.15 Å². The highest BCUT2D eigenvalue weighted by Crippen LogP contribution is 2.22. The van der Waals surface area contributed by atoms with E-state index in [9.17, 15) is 0 Å². The molecule has 0 aliphatic heterocycles. The molecule has 0 aliphatic carbocycles. The fraction of sp³-hybridized carbons (Fsp3) is 0.250. The second-order valence-electron chi connectivity index (χ2n) is 3.88. The van der Waals surface area contributed by atoms with Crippen molar-refractivity contribution in [2.24, 2.45) is 0 Å². The number of halogens is 2. The van der Waals surface area contributed by atoms with Crippen molar-refractivity contribution in [3.63, 3.8) is 0 Å². The van der Waals surface area contributed by atoms with Gasteiger partial charge in [-0.05, 0) is 46.1 Å². The largest absolute Gasteiger partial charge is 0.298 e. The lowest BCUT2D eigenvalue weighted by Crippen LogP contribution is -2.17. The quantitative estimate of drug-likeness (QED) is 0.781. The van der Waals surface area contributed by atoms with Crippen molar-refractivity contribution < 1.29 is 0 Å². The minimum absolute atomic E-state index is 0.589. The molecule has 0 saturated carbocycles. The molecule has 90 valence electrons. The number of pyridine rings is 1. The average molecular weight is 332 g/mol. The molecule has 0 aliphatic rings. The zero-order valence-electron chi connectivity index (χ0n) is 9.36. The maximum Gasteiger partial charge on any atom is 0.133 e. The highest BCUT2D eigenvalue weighted by Gasteiger charge is 2.06. The van der Waals surface area contributed by atoms with Gasteiger partial charge >= 0.3 is 0 Å². The first-order valence-electron chi connectivity index (χ1n) is 5.16. The number of hydrogen-bond acceptors (Lipinski definition) is 3. The maximum atomic E-state index is 6.03. The van der Waals surface area contributed by atoms with Crippen LogP contribution < -0.4 is 0 Å². The molecule has 2 nitrogen and oxygen atoms in total. The van der Waals surface area contributed by atoms with E-state index in [0.717, 1.165) is 18.7 Å². The van der Waals surface area contributed by atoms with Gasteiger partial charge in [0.25, 0.3) is 0 Å². The van der Waals surface area contributed by atoms with Crippen molar-refractivity contribution in [3.05, 3.63) is 49.8 Å². The van der Waals surface area contributed by atoms with Crippen molar-refractivity contribution in [3.8, 4) is 0 Å². The molecule has 0 spiro atoms. The van der Waals surface area contributed by atoms with Gasteiger partial charge in [0.05, 0.1) is 3.79 Å². The summed E-state index contributed by atoms with van der Waals surface area (Å²) in [7, 11) is 2.08. The van der Waals surface area contributed by atoms with E-state index in [4.69, 9.17) is 11.6 Å². The molecule has 2 aromatic rings. The monoisotopic (exact) mass is 330 g/mol. The van der Waals surface area contributed by atoms with Crippen molar-refractivity contribution in [1.82, 2.24) is 9.88 Å². The van der Waals surface area contributed by atoms with Crippen LogP contribution in [0.2, 0.25) is 5.15 Å². The molecule has 0 bridgehead atoms. The molecular formula is C12H12BrClN2S. The summed E-state index contributed by atoms with van der Waals surface area (Å²) in [6.07, 6.45) is 1.71. The number of nitrogens with zero attached hydrogens (tertiary/aromatic N) is 2. The van der Waals surface area contributed by atoms with E-state index >= 15 is 0 Å². The highest BCUT2D eigenvalue weighted by atomic mass is 79.9. The van der Waals surface area contributed by atoms with Crippen LogP contribution in [-0.2, 0) is 13.1 Å². The van der Waals surface area contributed by atoms with Crippen LogP contribution in [0, 0.1) is 0 Å². The van der Waals surface area contributed by atoms with E-state index < -0.39 is 0 Å². The molecule has 2 aromatic heterocycles. The van der Waals surface area contributed by atoms with Crippen molar-refractivity contribution in [2.75, 3.05) is 7.05 Å². The highest BCUT2D eigenvalue weighted by molar-refractivity contribution is 9.11. The Hall–Kier alpha value is -0.420. The van der Waals surface area contributed by atoms with Crippen LogP contribution in [0.4, 0.5) is 0 Å². The molecule has 0 atom stereocenters. The van der Waals surface area contributed by atoms with Crippen LogP contribution in [-0.4, -0.2) is 16.9 Å². The summed E-state index contributed by atoms with van der Waals surface area (Å²) in [6, 6.07) is 6.07. The van der Waals surface area contributed by atoms with Crippen LogP contribution in [0.1, 0.15) is 11.1 Å². The zero-order valence-corrected chi connectivity index (χ0v) is 12.5. The van der Waals surface area contributed by atoms with E-state index in [1.807, 2.05) is 12.1 Å². The average Bonchev–Trinajstić information content (AvgIpc) is 2.67. The summed E-state index contributed by atoms with van der Waals surface area (Å²) >= 11 is 11.2. The second kappa shape index (κ2) is 5.96. The Labute approximate surface area is 118 Å². The molecule has 2 heterocycles. The van der Waals surface area contributed by atoms with Gasteiger partial charge in [-0.25, -0.2) is 4.98 Å². The van der Waals surface area contributed by atoms with Crippen LogP contribution in [0.3, 0.4) is 0 Å². The van der Waals surface area contributed by atoms with E-state index in [-0.39, 0.29) is 0 Å². The Morgan fingerprint density at radius 3 is 2.94 bits per heavy atom. The van der Waals surface area contributed by atoms with Crippen molar-refractivity contribution >= 4 is 38.9 Å². The second-order valence-corrected chi connectivity index (χ2v) is 6.53. The Morgan fingerprint density at radius 1 is 1.47 bits per heavy atom. The Bertz CT molecular complexity index is 501. The number of aromatic nitrogens is 1. The third-order valence-electron chi connectivity index (χ3n) is 2.35. The van der Waals surface area contributed by atoms with Gasteiger partial charge in [0, 0.05) is 24.8 Å². The Morgan fingerprint density at radius 2 is 2.29 bits per heavy atom. The molecule has 0 N–H and O–H groups in total. The van der Waals surface area contributed by atoms with Gasteiger partial charge < -0.3 is 0 Å². The first-order valence-corrected chi connectivity index (χ1v) is 7.21. The van der Waals surface area contributed by atoms with Crippen LogP contribution in [0.5, 0.6) is 0 Å². The van der Waals surface area contributed by atoms with E-state index in [1.165, 1.54) is 9.35 Å². The Balaban J connectivity index is 1.98. The third-order valence-corrected chi connectivity index (χ3v) is 4.24. The molecule has 0 radical (unpaired) electrons. The van der Waals surface area contributed by atoms with Gasteiger partial charge in [0.1, 0.15) is 5.15 Å². The molecule has 2 rings (SSSR count). The van der Waals surface area contributed by atoms with Crippen LogP contribution in [0.25, 0.3) is 0 Å². The molecule has 0 saturated heterocycles. The predicted molar refractivity (Wildman–Crippen MR) is 76.4 cm³/mol. The first kappa shape index (κ1) is 13.0. The smallest absolute Gasteiger partial charge is 0.133 e. The predicted octanol–water partition coefficient (Wildman–Crippen LogP) is 4.19. The van der Waals surface area contributed by atoms with E-state index in [2.05, 4.69) is 44.3 Å². The number of thiophene rings is 1. The number of hydrogen-bond donors (Lipinski definition) is 0. The molecule has 5 heteroatoms. The van der Waals surface area contributed by atoms with Crippen LogP contribution in [0.15, 0.2) is 33.6 Å². The normalized spacial score (nSPS) is 11.1. The molecular weight excluding hydrogens is 320 g/mol. The van der Waals surface area contributed by atoms with Gasteiger partial charge in [0.2, 0.25) is 0 Å².